The highest BCUT2D eigenvalue weighted by atomic mass is 35.5. The van der Waals surface area contributed by atoms with Crippen molar-refractivity contribution >= 4 is 40.0 Å². The van der Waals surface area contributed by atoms with Gasteiger partial charge in [-0.15, -0.1) is 0 Å². The summed E-state index contributed by atoms with van der Waals surface area (Å²) in [5.41, 5.74) is 5.54. The Hall–Kier alpha value is -3.83. The van der Waals surface area contributed by atoms with Crippen LogP contribution in [0.2, 0.25) is 5.02 Å². The Balaban J connectivity index is 0.000000248. The second-order valence-electron chi connectivity index (χ2n) is 11.5. The van der Waals surface area contributed by atoms with E-state index in [0.29, 0.717) is 22.5 Å². The molecule has 10 nitrogen and oxygen atoms in total. The van der Waals surface area contributed by atoms with Crippen molar-refractivity contribution < 1.29 is 9.59 Å². The molecule has 220 valence electrons. The second kappa shape index (κ2) is 12.6. The summed E-state index contributed by atoms with van der Waals surface area (Å²) in [5.74, 6) is 0.333. The summed E-state index contributed by atoms with van der Waals surface area (Å²) in [7, 11) is 1.57. The molecule has 2 N–H and O–H groups in total. The molecule has 0 radical (unpaired) electrons. The van der Waals surface area contributed by atoms with Crippen LogP contribution in [0.25, 0.3) is 27.5 Å². The maximum atomic E-state index is 11.8. The molecule has 0 bridgehead atoms. The number of benzene rings is 1. The molecule has 1 fully saturated rings. The second-order valence-corrected chi connectivity index (χ2v) is 12.9. The number of hydrogen-bond acceptors (Lipinski definition) is 7. The minimum absolute atomic E-state index is 0.139. The van der Waals surface area contributed by atoms with Crippen molar-refractivity contribution in [1.82, 2.24) is 34.9 Å². The highest BCUT2D eigenvalue weighted by molar-refractivity contribution is 7.19. The summed E-state index contributed by atoms with van der Waals surface area (Å²) in [5, 5.41) is 11.4. The van der Waals surface area contributed by atoms with Gasteiger partial charge in [-0.2, -0.15) is 5.10 Å². The molecule has 1 saturated heterocycles. The van der Waals surface area contributed by atoms with E-state index in [1.165, 1.54) is 30.5 Å². The first-order valence-corrected chi connectivity index (χ1v) is 15.2. The third-order valence-corrected chi connectivity index (χ3v) is 8.35. The van der Waals surface area contributed by atoms with Gasteiger partial charge in [0.25, 0.3) is 0 Å². The quantitative estimate of drug-likeness (QED) is 0.294. The van der Waals surface area contributed by atoms with Crippen molar-refractivity contribution in [1.29, 1.82) is 0 Å². The Labute approximate surface area is 254 Å². The van der Waals surface area contributed by atoms with Crippen molar-refractivity contribution in [3.05, 3.63) is 59.3 Å². The Morgan fingerprint density at radius 2 is 1.79 bits per heavy atom. The first kappa shape index (κ1) is 29.7. The fourth-order valence-electron chi connectivity index (χ4n) is 5.07. The summed E-state index contributed by atoms with van der Waals surface area (Å²) in [6.45, 7) is 8.30. The van der Waals surface area contributed by atoms with E-state index in [4.69, 9.17) is 16.7 Å². The van der Waals surface area contributed by atoms with Crippen molar-refractivity contribution in [2.24, 2.45) is 5.41 Å². The van der Waals surface area contributed by atoms with Gasteiger partial charge >= 0.3 is 6.03 Å². The van der Waals surface area contributed by atoms with Gasteiger partial charge < -0.3 is 10.2 Å². The highest BCUT2D eigenvalue weighted by Gasteiger charge is 2.30. The molecule has 0 unspecified atom stereocenters. The van der Waals surface area contributed by atoms with Crippen LogP contribution in [0, 0.1) is 5.41 Å². The van der Waals surface area contributed by atoms with Crippen LogP contribution in [0.15, 0.2) is 43.0 Å². The summed E-state index contributed by atoms with van der Waals surface area (Å²) in [6, 6.07) is 7.28. The molecule has 12 heteroatoms. The van der Waals surface area contributed by atoms with E-state index in [1.807, 2.05) is 33.8 Å². The number of thiazole rings is 1. The number of aromatic nitrogens is 5. The number of aryl methyl sites for hydroxylation is 1. The minimum atomic E-state index is -0.303. The van der Waals surface area contributed by atoms with Crippen LogP contribution in [-0.2, 0) is 17.6 Å². The SMILES string of the molecule is CC(C)(C)CC(=O)N1CCCC1.CNC(=O)Nc1nc2c(s1)-c1c(c(-c3cncnc3)nn1-c1ccccc1Cl)CC2. The van der Waals surface area contributed by atoms with Crippen molar-refractivity contribution in [3.63, 3.8) is 0 Å². The van der Waals surface area contributed by atoms with Crippen molar-refractivity contribution in [2.75, 3.05) is 25.5 Å². The van der Waals surface area contributed by atoms with E-state index in [0.717, 1.165) is 64.7 Å². The first-order chi connectivity index (χ1) is 20.1. The lowest BCUT2D eigenvalue weighted by Gasteiger charge is -2.22. The zero-order valence-corrected chi connectivity index (χ0v) is 25.8. The number of anilines is 1. The van der Waals surface area contributed by atoms with E-state index in [-0.39, 0.29) is 11.4 Å². The number of likely N-dealkylation sites (tertiary alicyclic amines) is 1. The lowest BCUT2D eigenvalue weighted by molar-refractivity contribution is -0.131. The monoisotopic (exact) mass is 606 g/mol. The van der Waals surface area contributed by atoms with Gasteiger partial charge in [0, 0.05) is 50.1 Å². The van der Waals surface area contributed by atoms with E-state index >= 15 is 0 Å². The van der Waals surface area contributed by atoms with Crippen molar-refractivity contribution in [2.45, 2.75) is 52.9 Å². The number of fused-ring (bicyclic) bond motifs is 3. The topological polar surface area (TPSA) is 118 Å². The van der Waals surface area contributed by atoms with Crippen LogP contribution in [0.3, 0.4) is 0 Å². The third kappa shape index (κ3) is 6.63. The van der Waals surface area contributed by atoms with Gasteiger partial charge in [-0.3, -0.25) is 10.1 Å². The standard InChI is InChI=1S/C20H16ClN7OS.C10H19NO/c1-22-19(29)26-20-25-14-7-6-12-16(11-8-23-10-24-9-11)27-28(17(12)18(14)30-20)15-5-3-2-4-13(15)21;1-10(2,3)8-9(12)11-6-4-5-7-11/h2-5,8-10H,6-7H2,1H3,(H2,22,25,26,29);4-8H2,1-3H3. The number of nitrogens with zero attached hydrogens (tertiary/aromatic N) is 6. The molecule has 4 aromatic rings. The molecule has 2 aliphatic rings. The third-order valence-electron chi connectivity index (χ3n) is 7.01. The fourth-order valence-corrected chi connectivity index (χ4v) is 6.35. The molecule has 3 aromatic heterocycles. The number of rotatable bonds is 4. The average molecular weight is 607 g/mol. The smallest absolute Gasteiger partial charge is 0.320 e. The van der Waals surface area contributed by atoms with Gasteiger partial charge in [-0.1, -0.05) is 55.8 Å². The van der Waals surface area contributed by atoms with E-state index in [2.05, 4.69) is 46.4 Å². The van der Waals surface area contributed by atoms with Gasteiger partial charge in [-0.05, 0) is 43.2 Å². The molecule has 0 saturated carbocycles. The summed E-state index contributed by atoms with van der Waals surface area (Å²) < 4.78 is 1.86. The average Bonchev–Trinajstić information content (AvgIpc) is 3.72. The van der Waals surface area contributed by atoms with E-state index in [9.17, 15) is 9.59 Å². The maximum Gasteiger partial charge on any atom is 0.320 e. The number of carbonyl (C=O) groups is 2. The minimum Gasteiger partial charge on any atom is -0.343 e. The van der Waals surface area contributed by atoms with Crippen molar-refractivity contribution in [3.8, 4) is 27.5 Å². The summed E-state index contributed by atoms with van der Waals surface area (Å²) >= 11 is 7.94. The molecule has 0 spiro atoms. The van der Waals surface area contributed by atoms with Crippen LogP contribution >= 0.6 is 22.9 Å². The van der Waals surface area contributed by atoms with Gasteiger partial charge in [0.05, 0.1) is 32.7 Å². The van der Waals surface area contributed by atoms with Gasteiger partial charge in [0.15, 0.2) is 5.13 Å². The first-order valence-electron chi connectivity index (χ1n) is 14.0. The summed E-state index contributed by atoms with van der Waals surface area (Å²) in [6.07, 6.45) is 9.60. The normalized spacial score (nSPS) is 14.0. The number of para-hydroxylation sites is 1. The maximum absolute atomic E-state index is 11.8. The molecule has 1 aliphatic heterocycles. The van der Waals surface area contributed by atoms with Crippen LogP contribution in [0.1, 0.15) is 51.3 Å². The molecule has 6 rings (SSSR count). The van der Waals surface area contributed by atoms with Crippen LogP contribution in [0.4, 0.5) is 9.93 Å². The van der Waals surface area contributed by atoms with Gasteiger partial charge in [0.2, 0.25) is 5.91 Å². The Bertz CT molecular complexity index is 1570. The van der Waals surface area contributed by atoms with Crippen LogP contribution < -0.4 is 10.6 Å². The van der Waals surface area contributed by atoms with Gasteiger partial charge in [-0.25, -0.2) is 24.4 Å². The van der Waals surface area contributed by atoms with Crippen LogP contribution in [0.5, 0.6) is 0 Å². The Morgan fingerprint density at radius 3 is 2.45 bits per heavy atom. The Morgan fingerprint density at radius 1 is 1.07 bits per heavy atom. The zero-order chi connectivity index (χ0) is 29.9. The molecule has 1 aromatic carbocycles. The highest BCUT2D eigenvalue weighted by Crippen LogP contribution is 2.44. The number of carbonyl (C=O) groups excluding carboxylic acids is 2. The molecule has 1 aliphatic carbocycles. The number of amides is 3. The lowest BCUT2D eigenvalue weighted by Crippen LogP contribution is -2.30. The zero-order valence-electron chi connectivity index (χ0n) is 24.3. The Kier molecular flexibility index (Phi) is 8.88. The predicted molar refractivity (Wildman–Crippen MR) is 166 cm³/mol. The number of halogens is 1. The molecule has 3 amide bonds. The van der Waals surface area contributed by atoms with Crippen LogP contribution in [-0.4, -0.2) is 61.7 Å². The van der Waals surface area contributed by atoms with E-state index in [1.54, 1.807) is 19.4 Å². The fraction of sp³-hybridized carbons (Fsp3) is 0.400. The molecular weight excluding hydrogens is 572 g/mol. The van der Waals surface area contributed by atoms with E-state index < -0.39 is 0 Å². The van der Waals surface area contributed by atoms with Gasteiger partial charge in [0.1, 0.15) is 6.33 Å². The molecule has 42 heavy (non-hydrogen) atoms. The summed E-state index contributed by atoms with van der Waals surface area (Å²) in [4.78, 5) is 39.2. The molecular formula is C30H35ClN8O2S. The predicted octanol–water partition coefficient (Wildman–Crippen LogP) is 6.00. The number of nitrogens with one attached hydrogen (secondary N) is 2. The molecule has 4 heterocycles. The number of hydrogen-bond donors (Lipinski definition) is 2. The molecule has 0 atom stereocenters. The largest absolute Gasteiger partial charge is 0.343 e. The number of urea groups is 1. The lowest BCUT2D eigenvalue weighted by atomic mass is 9.92.